The first-order chi connectivity index (χ1) is 9.97. The number of nitrogens with zero attached hydrogens (tertiary/aromatic N) is 2. The lowest BCUT2D eigenvalue weighted by Gasteiger charge is -2.40. The molecule has 0 radical (unpaired) electrons. The minimum atomic E-state index is -0.727. The van der Waals surface area contributed by atoms with Crippen LogP contribution in [-0.4, -0.2) is 54.7 Å². The first-order valence-corrected chi connectivity index (χ1v) is 8.16. The Morgan fingerprint density at radius 2 is 1.81 bits per heavy atom. The molecule has 1 saturated heterocycles. The zero-order valence-electron chi connectivity index (χ0n) is 14.0. The van der Waals surface area contributed by atoms with Crippen molar-refractivity contribution in [1.82, 2.24) is 9.80 Å². The summed E-state index contributed by atoms with van der Waals surface area (Å²) in [4.78, 5) is 4.86. The second-order valence-corrected chi connectivity index (χ2v) is 6.60. The molecule has 1 aliphatic rings. The van der Waals surface area contributed by atoms with Gasteiger partial charge < -0.3 is 14.9 Å². The lowest BCUT2D eigenvalue weighted by atomic mass is 9.78. The van der Waals surface area contributed by atoms with Crippen LogP contribution in [0.15, 0.2) is 24.3 Å². The molecule has 1 aromatic rings. The molecule has 0 saturated carbocycles. The fourth-order valence-electron chi connectivity index (χ4n) is 3.43. The molecular weight excluding hydrogens is 260 g/mol. The maximum atomic E-state index is 11.3. The minimum absolute atomic E-state index is 0.229. The van der Waals surface area contributed by atoms with Gasteiger partial charge in [0.05, 0.1) is 5.60 Å². The van der Waals surface area contributed by atoms with Crippen LogP contribution in [0.25, 0.3) is 0 Å². The van der Waals surface area contributed by atoms with E-state index in [1.807, 2.05) is 12.1 Å². The summed E-state index contributed by atoms with van der Waals surface area (Å²) in [7, 11) is 2.18. The van der Waals surface area contributed by atoms with Crippen molar-refractivity contribution in [2.75, 3.05) is 39.8 Å². The van der Waals surface area contributed by atoms with Crippen molar-refractivity contribution < 1.29 is 5.11 Å². The highest BCUT2D eigenvalue weighted by atomic mass is 16.3. The highest BCUT2D eigenvalue weighted by molar-refractivity contribution is 5.31. The van der Waals surface area contributed by atoms with Crippen molar-refractivity contribution in [3.8, 4) is 0 Å². The van der Waals surface area contributed by atoms with Gasteiger partial charge in [0.15, 0.2) is 0 Å². The fraction of sp³-hybridized carbons (Fsp3) is 0.667. The summed E-state index contributed by atoms with van der Waals surface area (Å²) in [6.45, 7) is 11.8. The molecule has 2 atom stereocenters. The molecule has 2 rings (SSSR count). The van der Waals surface area contributed by atoms with Crippen molar-refractivity contribution in [1.29, 1.82) is 0 Å². The Morgan fingerprint density at radius 3 is 2.38 bits per heavy atom. The maximum absolute atomic E-state index is 11.3. The second kappa shape index (κ2) is 6.91. The summed E-state index contributed by atoms with van der Waals surface area (Å²) in [6, 6.07) is 8.25. The lowest BCUT2D eigenvalue weighted by molar-refractivity contribution is -0.0376. The third-order valence-corrected chi connectivity index (χ3v) is 5.09. The van der Waals surface area contributed by atoms with Crippen LogP contribution in [0.3, 0.4) is 0 Å². The third kappa shape index (κ3) is 3.65. The Labute approximate surface area is 129 Å². The van der Waals surface area contributed by atoms with Gasteiger partial charge in [-0.15, -0.1) is 0 Å². The zero-order chi connectivity index (χ0) is 15.5. The van der Waals surface area contributed by atoms with E-state index in [0.29, 0.717) is 0 Å². The summed E-state index contributed by atoms with van der Waals surface area (Å²) in [5.41, 5.74) is 1.55. The topological polar surface area (TPSA) is 26.7 Å². The van der Waals surface area contributed by atoms with Gasteiger partial charge in [-0.1, -0.05) is 38.1 Å². The molecule has 3 nitrogen and oxygen atoms in total. The fourth-order valence-corrected chi connectivity index (χ4v) is 3.43. The summed E-state index contributed by atoms with van der Waals surface area (Å²) < 4.78 is 0. The van der Waals surface area contributed by atoms with Crippen LogP contribution in [0.2, 0.25) is 0 Å². The van der Waals surface area contributed by atoms with Gasteiger partial charge in [0, 0.05) is 38.6 Å². The molecule has 1 heterocycles. The van der Waals surface area contributed by atoms with Crippen LogP contribution in [0.5, 0.6) is 0 Å². The Bertz CT molecular complexity index is 454. The second-order valence-electron chi connectivity index (χ2n) is 6.60. The molecule has 1 aromatic carbocycles. The number of likely N-dealkylation sites (N-methyl/N-ethyl adjacent to an activating group) is 1. The van der Waals surface area contributed by atoms with Gasteiger partial charge in [-0.3, -0.25) is 0 Å². The van der Waals surface area contributed by atoms with E-state index in [-0.39, 0.29) is 5.92 Å². The molecule has 0 bridgehead atoms. The molecule has 1 aliphatic heterocycles. The van der Waals surface area contributed by atoms with Crippen LogP contribution in [0.4, 0.5) is 0 Å². The van der Waals surface area contributed by atoms with E-state index in [1.165, 1.54) is 5.56 Å². The molecule has 3 heteroatoms. The van der Waals surface area contributed by atoms with Gasteiger partial charge in [-0.2, -0.15) is 0 Å². The predicted molar refractivity (Wildman–Crippen MR) is 88.5 cm³/mol. The summed E-state index contributed by atoms with van der Waals surface area (Å²) in [6.07, 6.45) is 0.757. The maximum Gasteiger partial charge on any atom is 0.0934 e. The highest BCUT2D eigenvalue weighted by Crippen LogP contribution is 2.35. The van der Waals surface area contributed by atoms with Crippen LogP contribution >= 0.6 is 0 Å². The molecule has 0 aliphatic carbocycles. The first-order valence-electron chi connectivity index (χ1n) is 8.16. The summed E-state index contributed by atoms with van der Waals surface area (Å²) >= 11 is 0. The summed E-state index contributed by atoms with van der Waals surface area (Å²) in [5.74, 6) is 0.229. The molecular formula is C18H30N2O. The van der Waals surface area contributed by atoms with Crippen LogP contribution in [-0.2, 0) is 5.60 Å². The molecule has 1 fully saturated rings. The number of piperazine rings is 1. The number of aliphatic hydroxyl groups is 1. The summed E-state index contributed by atoms with van der Waals surface area (Å²) in [5, 5.41) is 11.3. The zero-order valence-corrected chi connectivity index (χ0v) is 14.0. The van der Waals surface area contributed by atoms with Gasteiger partial charge in [0.1, 0.15) is 0 Å². The van der Waals surface area contributed by atoms with Crippen LogP contribution < -0.4 is 0 Å². The predicted octanol–water partition coefficient (Wildman–Crippen LogP) is 2.48. The Hall–Kier alpha value is -0.900. The SMILES string of the molecule is CCC(O)(c1ccccc1C)C(C)CN1CCN(C)CC1. The van der Waals surface area contributed by atoms with Gasteiger partial charge in [-0.05, 0) is 31.5 Å². The van der Waals surface area contributed by atoms with Crippen LogP contribution in [0, 0.1) is 12.8 Å². The minimum Gasteiger partial charge on any atom is -0.385 e. The van der Waals surface area contributed by atoms with Crippen molar-refractivity contribution in [2.24, 2.45) is 5.92 Å². The van der Waals surface area contributed by atoms with E-state index in [1.54, 1.807) is 0 Å². The average Bonchev–Trinajstić information content (AvgIpc) is 2.49. The quantitative estimate of drug-likeness (QED) is 0.902. The van der Waals surface area contributed by atoms with E-state index < -0.39 is 5.60 Å². The van der Waals surface area contributed by atoms with Gasteiger partial charge in [0.2, 0.25) is 0 Å². The molecule has 118 valence electrons. The van der Waals surface area contributed by atoms with Crippen LogP contribution in [0.1, 0.15) is 31.4 Å². The largest absolute Gasteiger partial charge is 0.385 e. The monoisotopic (exact) mass is 290 g/mol. The molecule has 0 spiro atoms. The van der Waals surface area contributed by atoms with Crippen molar-refractivity contribution in [3.63, 3.8) is 0 Å². The van der Waals surface area contributed by atoms with E-state index in [2.05, 4.69) is 49.8 Å². The highest BCUT2D eigenvalue weighted by Gasteiger charge is 2.36. The molecule has 2 unspecified atom stereocenters. The molecule has 0 aromatic heterocycles. The average molecular weight is 290 g/mol. The Balaban J connectivity index is 2.10. The normalized spacial score (nSPS) is 22.0. The van der Waals surface area contributed by atoms with Crippen molar-refractivity contribution in [2.45, 2.75) is 32.8 Å². The van der Waals surface area contributed by atoms with Gasteiger partial charge in [0.25, 0.3) is 0 Å². The smallest absolute Gasteiger partial charge is 0.0934 e. The van der Waals surface area contributed by atoms with Crippen molar-refractivity contribution in [3.05, 3.63) is 35.4 Å². The molecule has 1 N–H and O–H groups in total. The number of rotatable bonds is 5. The van der Waals surface area contributed by atoms with E-state index in [9.17, 15) is 5.11 Å². The lowest BCUT2D eigenvalue weighted by Crippen LogP contribution is -2.48. The van der Waals surface area contributed by atoms with E-state index >= 15 is 0 Å². The number of benzene rings is 1. The van der Waals surface area contributed by atoms with E-state index in [0.717, 1.165) is 44.7 Å². The van der Waals surface area contributed by atoms with Gasteiger partial charge >= 0.3 is 0 Å². The van der Waals surface area contributed by atoms with Crippen molar-refractivity contribution >= 4 is 0 Å². The number of aryl methyl sites for hydroxylation is 1. The molecule has 0 amide bonds. The molecule has 21 heavy (non-hydrogen) atoms. The standard InChI is InChI=1S/C18H30N2O/c1-5-18(21,17-9-7-6-8-15(17)2)16(3)14-20-12-10-19(4)11-13-20/h6-9,16,21H,5,10-14H2,1-4H3. The Kier molecular flexibility index (Phi) is 5.42. The van der Waals surface area contributed by atoms with Gasteiger partial charge in [-0.25, -0.2) is 0 Å². The first kappa shape index (κ1) is 16.5. The number of hydrogen-bond acceptors (Lipinski definition) is 3. The van der Waals surface area contributed by atoms with E-state index in [4.69, 9.17) is 0 Å². The number of hydrogen-bond donors (Lipinski definition) is 1. The third-order valence-electron chi connectivity index (χ3n) is 5.09. The Morgan fingerprint density at radius 1 is 1.19 bits per heavy atom.